The first-order valence-corrected chi connectivity index (χ1v) is 13.1. The number of aromatic amines is 2. The molecule has 44 heavy (non-hydrogen) atoms. The first-order chi connectivity index (χ1) is 20.8. The molecule has 2 rings (SSSR count). The van der Waals surface area contributed by atoms with Crippen molar-refractivity contribution in [3.63, 3.8) is 0 Å². The highest BCUT2D eigenvalue weighted by Crippen LogP contribution is 2.02. The predicted octanol–water partition coefficient (Wildman–Crippen LogP) is -3.48. The molecule has 0 saturated carbocycles. The normalized spacial score (nSPS) is 12.6. The number of hydrogen-bond acceptors (Lipinski definition) is 12. The van der Waals surface area contributed by atoms with E-state index in [0.29, 0.717) is 11.4 Å². The van der Waals surface area contributed by atoms with Crippen molar-refractivity contribution in [2.75, 3.05) is 52.4 Å². The van der Waals surface area contributed by atoms with Crippen LogP contribution in [0.5, 0.6) is 0 Å². The number of hydroxylamine groups is 2. The van der Waals surface area contributed by atoms with Crippen molar-refractivity contribution in [3.8, 4) is 0 Å². The van der Waals surface area contributed by atoms with Crippen LogP contribution in [0.2, 0.25) is 0 Å². The zero-order chi connectivity index (χ0) is 32.6. The number of H-pyrrole nitrogens is 2. The van der Waals surface area contributed by atoms with E-state index in [9.17, 15) is 54.4 Å². The maximum atomic E-state index is 12.5. The highest BCUT2D eigenvalue weighted by Gasteiger charge is 2.25. The molecular formula is C24H35N9O11. The number of amides is 2. The van der Waals surface area contributed by atoms with Gasteiger partial charge in [0.25, 0.3) is 0 Å². The van der Waals surface area contributed by atoms with E-state index in [2.05, 4.69) is 30.6 Å². The van der Waals surface area contributed by atoms with Gasteiger partial charge in [0.1, 0.15) is 12.1 Å². The monoisotopic (exact) mass is 625 g/mol. The Balaban J connectivity index is 1.88. The molecule has 0 aliphatic heterocycles. The van der Waals surface area contributed by atoms with Crippen molar-refractivity contribution >= 4 is 35.7 Å². The summed E-state index contributed by atoms with van der Waals surface area (Å²) in [5, 5.41) is 53.0. The second kappa shape index (κ2) is 17.9. The second-order valence-corrected chi connectivity index (χ2v) is 9.64. The highest BCUT2D eigenvalue weighted by molar-refractivity contribution is 5.86. The topological polar surface area (TPSA) is 295 Å². The number of carbonyl (C=O) groups is 6. The number of aromatic nitrogens is 4. The number of nitrogens with zero attached hydrogens (tertiary/aromatic N) is 5. The number of carboxylic acid groups (broad SMARTS) is 4. The van der Waals surface area contributed by atoms with Crippen molar-refractivity contribution < 1.29 is 54.4 Å². The molecule has 2 amide bonds. The van der Waals surface area contributed by atoms with Crippen LogP contribution in [0.25, 0.3) is 0 Å². The fourth-order valence-corrected chi connectivity index (χ4v) is 3.95. The van der Waals surface area contributed by atoms with Gasteiger partial charge in [0.05, 0.1) is 38.8 Å². The first kappa shape index (κ1) is 35.3. The quantitative estimate of drug-likeness (QED) is 0.0574. The summed E-state index contributed by atoms with van der Waals surface area (Å²) in [5.74, 6) is -6.71. The van der Waals surface area contributed by atoms with Crippen LogP contribution in [-0.4, -0.2) is 161 Å². The Hall–Kier alpha value is -4.92. The fraction of sp³-hybridized carbons (Fsp3) is 0.500. The SMILES string of the molecule is O=C(O)CN(CCN(O)CCN(CC(=O)O)CC(=O)NC(Cc1cnc[nH]1)C(=O)O)CC(=O)NC(Cc1cnc[nH]1)C(=O)O. The zero-order valence-corrected chi connectivity index (χ0v) is 23.5. The van der Waals surface area contributed by atoms with Gasteiger partial charge in [-0.1, -0.05) is 0 Å². The van der Waals surface area contributed by atoms with Crippen molar-refractivity contribution in [1.29, 1.82) is 0 Å². The summed E-state index contributed by atoms with van der Waals surface area (Å²) in [7, 11) is 0. The molecule has 2 unspecified atom stereocenters. The maximum Gasteiger partial charge on any atom is 0.326 e. The third-order valence-corrected chi connectivity index (χ3v) is 6.03. The predicted molar refractivity (Wildman–Crippen MR) is 145 cm³/mol. The van der Waals surface area contributed by atoms with Crippen LogP contribution in [0.1, 0.15) is 11.4 Å². The number of nitrogens with one attached hydrogen (secondary N) is 4. The Kier molecular flexibility index (Phi) is 14.4. The largest absolute Gasteiger partial charge is 0.480 e. The molecule has 0 fully saturated rings. The first-order valence-electron chi connectivity index (χ1n) is 13.1. The van der Waals surface area contributed by atoms with E-state index in [-0.39, 0.29) is 39.0 Å². The van der Waals surface area contributed by atoms with Crippen LogP contribution < -0.4 is 10.6 Å². The molecule has 9 N–H and O–H groups in total. The Morgan fingerprint density at radius 2 is 1.05 bits per heavy atom. The van der Waals surface area contributed by atoms with Gasteiger partial charge in [-0.3, -0.25) is 29.0 Å². The van der Waals surface area contributed by atoms with Gasteiger partial charge in [-0.15, -0.1) is 0 Å². The molecule has 2 atom stereocenters. The molecule has 0 aliphatic rings. The Morgan fingerprint density at radius 3 is 1.34 bits per heavy atom. The lowest BCUT2D eigenvalue weighted by Gasteiger charge is -2.26. The third kappa shape index (κ3) is 13.8. The summed E-state index contributed by atoms with van der Waals surface area (Å²) in [4.78, 5) is 86.0. The summed E-state index contributed by atoms with van der Waals surface area (Å²) < 4.78 is 0. The van der Waals surface area contributed by atoms with Gasteiger partial charge < -0.3 is 46.2 Å². The summed E-state index contributed by atoms with van der Waals surface area (Å²) in [6.45, 7) is -2.90. The van der Waals surface area contributed by atoms with E-state index in [4.69, 9.17) is 0 Å². The van der Waals surface area contributed by atoms with Gasteiger partial charge in [-0.2, -0.15) is 5.06 Å². The Bertz CT molecular complexity index is 1150. The molecule has 20 heteroatoms. The average Bonchev–Trinajstić information content (AvgIpc) is 3.63. The molecule has 0 saturated heterocycles. The van der Waals surface area contributed by atoms with Crippen molar-refractivity contribution in [1.82, 2.24) is 45.4 Å². The number of carboxylic acids is 4. The molecule has 20 nitrogen and oxygen atoms in total. The number of carbonyl (C=O) groups excluding carboxylic acids is 2. The van der Waals surface area contributed by atoms with Gasteiger partial charge in [0.2, 0.25) is 11.8 Å². The van der Waals surface area contributed by atoms with Gasteiger partial charge in [0.15, 0.2) is 0 Å². The zero-order valence-electron chi connectivity index (χ0n) is 23.5. The molecule has 0 aliphatic carbocycles. The van der Waals surface area contributed by atoms with Crippen LogP contribution >= 0.6 is 0 Å². The molecule has 2 aromatic rings. The molecule has 2 heterocycles. The van der Waals surface area contributed by atoms with Crippen molar-refractivity contribution in [2.24, 2.45) is 0 Å². The third-order valence-electron chi connectivity index (χ3n) is 6.03. The van der Waals surface area contributed by atoms with E-state index >= 15 is 0 Å². The summed E-state index contributed by atoms with van der Waals surface area (Å²) in [6, 6.07) is -2.62. The van der Waals surface area contributed by atoms with Gasteiger partial charge in [-0.05, 0) is 0 Å². The minimum absolute atomic E-state index is 0.0868. The average molecular weight is 626 g/mol. The fourth-order valence-electron chi connectivity index (χ4n) is 3.95. The molecule has 2 aromatic heterocycles. The van der Waals surface area contributed by atoms with Crippen LogP contribution in [0.15, 0.2) is 25.0 Å². The van der Waals surface area contributed by atoms with E-state index in [1.807, 2.05) is 0 Å². The molecule has 0 bridgehead atoms. The van der Waals surface area contributed by atoms with E-state index in [1.54, 1.807) is 0 Å². The lowest BCUT2D eigenvalue weighted by molar-refractivity contribution is -0.144. The summed E-state index contributed by atoms with van der Waals surface area (Å²) >= 11 is 0. The lowest BCUT2D eigenvalue weighted by Crippen LogP contribution is -2.49. The second-order valence-electron chi connectivity index (χ2n) is 9.64. The Morgan fingerprint density at radius 1 is 0.659 bits per heavy atom. The maximum absolute atomic E-state index is 12.5. The van der Waals surface area contributed by atoms with E-state index in [1.165, 1.54) is 25.0 Å². The number of imidazole rings is 2. The molecule has 0 aromatic carbocycles. The van der Waals surface area contributed by atoms with Crippen LogP contribution in [0.4, 0.5) is 0 Å². The highest BCUT2D eigenvalue weighted by atomic mass is 16.5. The Labute approximate surface area is 249 Å². The van der Waals surface area contributed by atoms with Crippen LogP contribution in [0, 0.1) is 0 Å². The molecular weight excluding hydrogens is 590 g/mol. The summed E-state index contributed by atoms with van der Waals surface area (Å²) in [6.07, 6.45) is 5.31. The minimum atomic E-state index is -1.31. The van der Waals surface area contributed by atoms with Gasteiger partial charge in [-0.25, -0.2) is 19.6 Å². The lowest BCUT2D eigenvalue weighted by atomic mass is 10.1. The van der Waals surface area contributed by atoms with E-state index < -0.39 is 74.0 Å². The van der Waals surface area contributed by atoms with Gasteiger partial charge >= 0.3 is 23.9 Å². The van der Waals surface area contributed by atoms with E-state index in [0.717, 1.165) is 14.9 Å². The number of aliphatic carboxylic acids is 4. The van der Waals surface area contributed by atoms with Gasteiger partial charge in [0, 0.05) is 62.8 Å². The number of rotatable bonds is 22. The molecule has 242 valence electrons. The van der Waals surface area contributed by atoms with Crippen molar-refractivity contribution in [3.05, 3.63) is 36.4 Å². The van der Waals surface area contributed by atoms with Crippen LogP contribution in [0.3, 0.4) is 0 Å². The molecule has 0 radical (unpaired) electrons. The smallest absolute Gasteiger partial charge is 0.326 e. The number of hydrogen-bond donors (Lipinski definition) is 9. The minimum Gasteiger partial charge on any atom is -0.480 e. The standard InChI is InChI=1S/C24H35N9O11/c34-19(29-17(23(40)41)5-15-7-25-13-27-15)9-31(11-21(36)37)1-3-33(44)4-2-32(12-22(38)39)10-20(35)30-18(24(42)43)6-16-8-26-14-28-16/h7-8,13-14,17-18,44H,1-6,9-12H2,(H,25,27)(H,26,28)(H,29,34)(H,30,35)(H,36,37)(H,38,39)(H,40,41)(H,42,43). The summed E-state index contributed by atoms with van der Waals surface area (Å²) in [5.41, 5.74) is 0.919. The molecule has 0 spiro atoms. The van der Waals surface area contributed by atoms with Crippen LogP contribution in [-0.2, 0) is 41.6 Å². The van der Waals surface area contributed by atoms with Crippen molar-refractivity contribution in [2.45, 2.75) is 24.9 Å².